The van der Waals surface area contributed by atoms with Gasteiger partial charge in [0.25, 0.3) is 0 Å². The Morgan fingerprint density at radius 3 is 2.48 bits per heavy atom. The average Bonchev–Trinajstić information content (AvgIpc) is 2.45. The van der Waals surface area contributed by atoms with Crippen molar-refractivity contribution < 1.29 is 4.79 Å². The van der Waals surface area contributed by atoms with Crippen LogP contribution >= 0.6 is 0 Å². The van der Waals surface area contributed by atoms with Crippen LogP contribution in [0.2, 0.25) is 0 Å². The first-order chi connectivity index (χ1) is 11.1. The Labute approximate surface area is 140 Å². The molecule has 2 nitrogen and oxygen atoms in total. The molecular formula is C21H29NO. The minimum Gasteiger partial charge on any atom is -0.379 e. The number of benzene rings is 1. The van der Waals surface area contributed by atoms with Gasteiger partial charge >= 0.3 is 0 Å². The predicted molar refractivity (Wildman–Crippen MR) is 96.2 cm³/mol. The number of fused-ring (bicyclic) bond motifs is 1. The maximum absolute atomic E-state index is 12.8. The quantitative estimate of drug-likeness (QED) is 0.789. The van der Waals surface area contributed by atoms with Gasteiger partial charge in [0.05, 0.1) is 0 Å². The van der Waals surface area contributed by atoms with Gasteiger partial charge in [-0.15, -0.1) is 0 Å². The zero-order valence-electron chi connectivity index (χ0n) is 14.5. The number of allylic oxidation sites excluding steroid dienone is 1. The van der Waals surface area contributed by atoms with Crippen LogP contribution in [0.1, 0.15) is 69.9 Å². The van der Waals surface area contributed by atoms with Crippen LogP contribution in [0.3, 0.4) is 0 Å². The maximum Gasteiger partial charge on any atom is 0.160 e. The molecule has 1 aliphatic carbocycles. The van der Waals surface area contributed by atoms with E-state index in [-0.39, 0.29) is 11.5 Å². The molecule has 0 radical (unpaired) electrons. The Morgan fingerprint density at radius 2 is 1.74 bits per heavy atom. The van der Waals surface area contributed by atoms with Crippen LogP contribution in [0.25, 0.3) is 5.70 Å². The fourth-order valence-corrected chi connectivity index (χ4v) is 4.00. The SMILES string of the molecule is CC1(C)Cc2ccccc2/C(=C/C(=O)C2CCCCCCC2)N1. The van der Waals surface area contributed by atoms with Crippen LogP contribution in [-0.2, 0) is 11.2 Å². The fourth-order valence-electron chi connectivity index (χ4n) is 4.00. The van der Waals surface area contributed by atoms with Crippen LogP contribution in [0, 0.1) is 5.92 Å². The molecular weight excluding hydrogens is 282 g/mol. The van der Waals surface area contributed by atoms with Gasteiger partial charge in [-0.1, -0.05) is 56.4 Å². The second kappa shape index (κ2) is 6.90. The Balaban J connectivity index is 1.84. The van der Waals surface area contributed by atoms with E-state index < -0.39 is 0 Å². The number of nitrogens with one attached hydrogen (secondary N) is 1. The number of carbonyl (C=O) groups is 1. The summed E-state index contributed by atoms with van der Waals surface area (Å²) in [6, 6.07) is 8.47. The summed E-state index contributed by atoms with van der Waals surface area (Å²) in [5.74, 6) is 0.545. The number of hydrogen-bond acceptors (Lipinski definition) is 2. The lowest BCUT2D eigenvalue weighted by Crippen LogP contribution is -2.44. The van der Waals surface area contributed by atoms with Crippen LogP contribution < -0.4 is 5.32 Å². The third-order valence-electron chi connectivity index (χ3n) is 5.21. The van der Waals surface area contributed by atoms with Gasteiger partial charge < -0.3 is 5.32 Å². The van der Waals surface area contributed by atoms with Gasteiger partial charge in [0.2, 0.25) is 0 Å². The van der Waals surface area contributed by atoms with Gasteiger partial charge in [-0.05, 0) is 38.7 Å². The van der Waals surface area contributed by atoms with Gasteiger partial charge in [-0.3, -0.25) is 4.79 Å². The molecule has 1 aromatic rings. The second-order valence-corrected chi connectivity index (χ2v) is 7.85. The lowest BCUT2D eigenvalue weighted by atomic mass is 9.84. The van der Waals surface area contributed by atoms with E-state index in [0.29, 0.717) is 5.78 Å². The third kappa shape index (κ3) is 4.04. The van der Waals surface area contributed by atoms with Crippen molar-refractivity contribution in [2.45, 2.75) is 70.8 Å². The summed E-state index contributed by atoms with van der Waals surface area (Å²) in [5, 5.41) is 3.59. The van der Waals surface area contributed by atoms with Crippen LogP contribution in [0.15, 0.2) is 30.3 Å². The van der Waals surface area contributed by atoms with E-state index in [1.807, 2.05) is 6.08 Å². The summed E-state index contributed by atoms with van der Waals surface area (Å²) < 4.78 is 0. The summed E-state index contributed by atoms with van der Waals surface area (Å²) in [6.07, 6.45) is 11.3. The molecule has 2 heteroatoms. The molecule has 3 rings (SSSR count). The van der Waals surface area contributed by atoms with E-state index in [1.54, 1.807) is 0 Å². The van der Waals surface area contributed by atoms with Gasteiger partial charge in [-0.25, -0.2) is 0 Å². The molecule has 0 saturated heterocycles. The highest BCUT2D eigenvalue weighted by Crippen LogP contribution is 2.30. The van der Waals surface area contributed by atoms with Crippen molar-refractivity contribution in [2.24, 2.45) is 5.92 Å². The molecule has 1 N–H and O–H groups in total. The molecule has 0 spiro atoms. The topological polar surface area (TPSA) is 29.1 Å². The summed E-state index contributed by atoms with van der Waals surface area (Å²) in [7, 11) is 0. The number of ketones is 1. The predicted octanol–water partition coefficient (Wildman–Crippen LogP) is 4.88. The van der Waals surface area contributed by atoms with Gasteiger partial charge in [0, 0.05) is 28.8 Å². The van der Waals surface area contributed by atoms with Crippen molar-refractivity contribution in [3.05, 3.63) is 41.5 Å². The first-order valence-corrected chi connectivity index (χ1v) is 9.17. The molecule has 23 heavy (non-hydrogen) atoms. The maximum atomic E-state index is 12.8. The highest BCUT2D eigenvalue weighted by atomic mass is 16.1. The van der Waals surface area contributed by atoms with Crippen molar-refractivity contribution in [2.75, 3.05) is 0 Å². The molecule has 0 unspecified atom stereocenters. The Morgan fingerprint density at radius 1 is 1.09 bits per heavy atom. The number of carbonyl (C=O) groups excluding carboxylic acids is 1. The molecule has 0 atom stereocenters. The minimum atomic E-state index is 0.00139. The summed E-state index contributed by atoms with van der Waals surface area (Å²) in [4.78, 5) is 12.8. The van der Waals surface area contributed by atoms with Crippen molar-refractivity contribution in [3.8, 4) is 0 Å². The van der Waals surface area contributed by atoms with Crippen molar-refractivity contribution in [1.29, 1.82) is 0 Å². The molecule has 1 saturated carbocycles. The van der Waals surface area contributed by atoms with E-state index >= 15 is 0 Å². The van der Waals surface area contributed by atoms with Crippen molar-refractivity contribution in [3.63, 3.8) is 0 Å². The zero-order valence-corrected chi connectivity index (χ0v) is 14.5. The fraction of sp³-hybridized carbons (Fsp3) is 0.571. The Bertz CT molecular complexity index is 592. The first-order valence-electron chi connectivity index (χ1n) is 9.17. The molecule has 0 amide bonds. The molecule has 1 aromatic carbocycles. The minimum absolute atomic E-state index is 0.00139. The number of rotatable bonds is 2. The molecule has 0 aromatic heterocycles. The van der Waals surface area contributed by atoms with E-state index in [2.05, 4.69) is 43.4 Å². The molecule has 1 fully saturated rings. The normalized spacial score (nSPS) is 23.5. The van der Waals surface area contributed by atoms with E-state index in [0.717, 1.165) is 25.0 Å². The summed E-state index contributed by atoms with van der Waals surface area (Å²) in [6.45, 7) is 4.41. The lowest BCUT2D eigenvalue weighted by Gasteiger charge is -2.35. The summed E-state index contributed by atoms with van der Waals surface area (Å²) >= 11 is 0. The largest absolute Gasteiger partial charge is 0.379 e. The first kappa shape index (κ1) is 16.3. The Kier molecular flexibility index (Phi) is 4.89. The third-order valence-corrected chi connectivity index (χ3v) is 5.21. The highest BCUT2D eigenvalue weighted by Gasteiger charge is 2.28. The van der Waals surface area contributed by atoms with Crippen LogP contribution in [0.4, 0.5) is 0 Å². The highest BCUT2D eigenvalue weighted by molar-refractivity contribution is 5.98. The molecule has 2 aliphatic rings. The lowest BCUT2D eigenvalue weighted by molar-refractivity contribution is -0.118. The van der Waals surface area contributed by atoms with E-state index in [1.165, 1.54) is 43.2 Å². The smallest absolute Gasteiger partial charge is 0.160 e. The standard InChI is InChI=1S/C21H29NO/c1-21(2)15-17-12-8-9-13-18(17)19(22-21)14-20(23)16-10-6-4-3-5-7-11-16/h8-9,12-14,16,22H,3-7,10-11,15H2,1-2H3/b19-14-. The molecule has 1 aliphatic heterocycles. The van der Waals surface area contributed by atoms with Crippen molar-refractivity contribution >= 4 is 11.5 Å². The van der Waals surface area contributed by atoms with E-state index in [9.17, 15) is 4.79 Å². The van der Waals surface area contributed by atoms with Crippen LogP contribution in [-0.4, -0.2) is 11.3 Å². The second-order valence-electron chi connectivity index (χ2n) is 7.85. The summed E-state index contributed by atoms with van der Waals surface area (Å²) in [5.41, 5.74) is 3.56. The van der Waals surface area contributed by atoms with Gasteiger partial charge in [-0.2, -0.15) is 0 Å². The van der Waals surface area contributed by atoms with E-state index in [4.69, 9.17) is 0 Å². The Hall–Kier alpha value is -1.57. The average molecular weight is 311 g/mol. The molecule has 1 heterocycles. The zero-order chi connectivity index (χ0) is 16.3. The van der Waals surface area contributed by atoms with Crippen LogP contribution in [0.5, 0.6) is 0 Å². The monoisotopic (exact) mass is 311 g/mol. The number of hydrogen-bond donors (Lipinski definition) is 1. The molecule has 124 valence electrons. The van der Waals surface area contributed by atoms with Gasteiger partial charge in [0.1, 0.15) is 0 Å². The molecule has 0 bridgehead atoms. The van der Waals surface area contributed by atoms with Crippen molar-refractivity contribution in [1.82, 2.24) is 5.32 Å². The van der Waals surface area contributed by atoms with Gasteiger partial charge in [0.15, 0.2) is 5.78 Å².